The van der Waals surface area contributed by atoms with Crippen molar-refractivity contribution in [3.05, 3.63) is 11.6 Å². The Morgan fingerprint density at radius 2 is 2.13 bits per heavy atom. The van der Waals surface area contributed by atoms with Gasteiger partial charge in [0.2, 0.25) is 0 Å². The summed E-state index contributed by atoms with van der Waals surface area (Å²) in [5, 5.41) is 15.3. The number of hydrogen-bond donors (Lipinski definition) is 2. The number of nitrogens with zero attached hydrogens (tertiary/aromatic N) is 4. The largest absolute Gasteiger partial charge is 0.382 e. The minimum Gasteiger partial charge on any atom is -0.382 e. The summed E-state index contributed by atoms with van der Waals surface area (Å²) >= 11 is 0. The van der Waals surface area contributed by atoms with E-state index in [2.05, 4.69) is 30.4 Å². The molecule has 7 heteroatoms. The van der Waals surface area contributed by atoms with Crippen molar-refractivity contribution in [2.45, 2.75) is 58.5 Å². The van der Waals surface area contributed by atoms with Gasteiger partial charge in [-0.05, 0) is 32.6 Å². The van der Waals surface area contributed by atoms with Crippen LogP contribution in [0.15, 0.2) is 4.99 Å². The third-order valence-corrected chi connectivity index (χ3v) is 4.04. The van der Waals surface area contributed by atoms with Crippen LogP contribution >= 0.6 is 0 Å². The number of aryl methyl sites for hydroxylation is 1. The molecular formula is C16H30N6O. The zero-order chi connectivity index (χ0) is 16.3. The molecular weight excluding hydrogens is 292 g/mol. The minimum atomic E-state index is 0.658. The standard InChI is InChI=1S/C16H30N6O/c1-3-23-12-8-6-10-18-16(17-2)19-13-15-21-20-14-9-5-4-7-11-22(14)15/h3-13H2,1-2H3,(H2,17,18,19). The molecule has 2 N–H and O–H groups in total. The summed E-state index contributed by atoms with van der Waals surface area (Å²) in [7, 11) is 1.79. The molecule has 0 saturated heterocycles. The zero-order valence-electron chi connectivity index (χ0n) is 14.5. The molecule has 7 nitrogen and oxygen atoms in total. The average Bonchev–Trinajstić information content (AvgIpc) is 2.80. The SMILES string of the molecule is CCOCCCCNC(=NC)NCc1nnc2n1CCCCC2. The van der Waals surface area contributed by atoms with Gasteiger partial charge in [-0.3, -0.25) is 4.99 Å². The highest BCUT2D eigenvalue weighted by molar-refractivity contribution is 5.79. The molecule has 2 rings (SSSR count). The summed E-state index contributed by atoms with van der Waals surface area (Å²) in [6.07, 6.45) is 6.89. The van der Waals surface area contributed by atoms with Crippen molar-refractivity contribution in [1.82, 2.24) is 25.4 Å². The van der Waals surface area contributed by atoms with Crippen LogP contribution in [0.5, 0.6) is 0 Å². The Labute approximate surface area is 138 Å². The summed E-state index contributed by atoms with van der Waals surface area (Å²) < 4.78 is 7.59. The molecule has 0 aliphatic carbocycles. The lowest BCUT2D eigenvalue weighted by atomic mass is 10.2. The van der Waals surface area contributed by atoms with E-state index in [4.69, 9.17) is 4.74 Å². The molecule has 1 aromatic heterocycles. The normalized spacial score (nSPS) is 15.1. The molecule has 2 heterocycles. The van der Waals surface area contributed by atoms with Gasteiger partial charge in [-0.15, -0.1) is 10.2 Å². The van der Waals surface area contributed by atoms with E-state index >= 15 is 0 Å². The Kier molecular flexibility index (Phi) is 7.86. The number of rotatable bonds is 8. The van der Waals surface area contributed by atoms with Crippen LogP contribution in [0.2, 0.25) is 0 Å². The molecule has 0 fully saturated rings. The predicted molar refractivity (Wildman–Crippen MR) is 91.5 cm³/mol. The van der Waals surface area contributed by atoms with Crippen LogP contribution in [-0.2, 0) is 24.2 Å². The molecule has 0 amide bonds. The smallest absolute Gasteiger partial charge is 0.191 e. The first-order valence-corrected chi connectivity index (χ1v) is 8.78. The van der Waals surface area contributed by atoms with E-state index in [1.165, 1.54) is 19.3 Å². The quantitative estimate of drug-likeness (QED) is 0.431. The Morgan fingerprint density at radius 3 is 2.96 bits per heavy atom. The van der Waals surface area contributed by atoms with Gasteiger partial charge in [0.05, 0.1) is 6.54 Å². The molecule has 0 radical (unpaired) electrons. The zero-order valence-corrected chi connectivity index (χ0v) is 14.5. The minimum absolute atomic E-state index is 0.658. The van der Waals surface area contributed by atoms with Crippen molar-refractivity contribution in [3.63, 3.8) is 0 Å². The number of ether oxygens (including phenoxy) is 1. The lowest BCUT2D eigenvalue weighted by Gasteiger charge is -2.12. The van der Waals surface area contributed by atoms with Gasteiger partial charge in [-0.25, -0.2) is 0 Å². The first-order chi connectivity index (χ1) is 11.3. The molecule has 1 aliphatic heterocycles. The van der Waals surface area contributed by atoms with Gasteiger partial charge in [0.1, 0.15) is 5.82 Å². The molecule has 0 spiro atoms. The van der Waals surface area contributed by atoms with Crippen molar-refractivity contribution in [2.24, 2.45) is 4.99 Å². The third-order valence-electron chi connectivity index (χ3n) is 4.04. The van der Waals surface area contributed by atoms with Crippen LogP contribution in [0.1, 0.15) is 50.7 Å². The summed E-state index contributed by atoms with van der Waals surface area (Å²) in [4.78, 5) is 4.26. The maximum absolute atomic E-state index is 5.33. The van der Waals surface area contributed by atoms with Gasteiger partial charge in [0.15, 0.2) is 11.8 Å². The van der Waals surface area contributed by atoms with Crippen LogP contribution in [0.25, 0.3) is 0 Å². The molecule has 0 unspecified atom stereocenters. The van der Waals surface area contributed by atoms with E-state index in [0.29, 0.717) is 6.54 Å². The Balaban J connectivity index is 1.72. The van der Waals surface area contributed by atoms with Crippen molar-refractivity contribution >= 4 is 5.96 Å². The number of fused-ring (bicyclic) bond motifs is 1. The van der Waals surface area contributed by atoms with Gasteiger partial charge < -0.3 is 19.9 Å². The number of nitrogens with one attached hydrogen (secondary N) is 2. The second kappa shape index (κ2) is 10.2. The molecule has 0 atom stereocenters. The molecule has 0 bridgehead atoms. The van der Waals surface area contributed by atoms with Crippen LogP contribution in [0, 0.1) is 0 Å². The van der Waals surface area contributed by atoms with E-state index in [-0.39, 0.29) is 0 Å². The van der Waals surface area contributed by atoms with Crippen molar-refractivity contribution < 1.29 is 4.74 Å². The van der Waals surface area contributed by atoms with Crippen molar-refractivity contribution in [3.8, 4) is 0 Å². The first kappa shape index (κ1) is 17.7. The van der Waals surface area contributed by atoms with Crippen LogP contribution < -0.4 is 10.6 Å². The van der Waals surface area contributed by atoms with Gasteiger partial charge in [-0.2, -0.15) is 0 Å². The van der Waals surface area contributed by atoms with E-state index < -0.39 is 0 Å². The maximum atomic E-state index is 5.33. The molecule has 23 heavy (non-hydrogen) atoms. The fourth-order valence-electron chi connectivity index (χ4n) is 2.74. The Bertz CT molecular complexity index is 485. The fraction of sp³-hybridized carbons (Fsp3) is 0.812. The highest BCUT2D eigenvalue weighted by atomic mass is 16.5. The number of guanidine groups is 1. The Morgan fingerprint density at radius 1 is 1.22 bits per heavy atom. The lowest BCUT2D eigenvalue weighted by molar-refractivity contribution is 0.143. The van der Waals surface area contributed by atoms with Gasteiger partial charge >= 0.3 is 0 Å². The van der Waals surface area contributed by atoms with E-state index in [9.17, 15) is 0 Å². The number of aromatic nitrogens is 3. The summed E-state index contributed by atoms with van der Waals surface area (Å²) in [5.41, 5.74) is 0. The lowest BCUT2D eigenvalue weighted by Crippen LogP contribution is -2.38. The second-order valence-corrected chi connectivity index (χ2v) is 5.75. The molecule has 1 aliphatic rings. The predicted octanol–water partition coefficient (Wildman–Crippen LogP) is 1.49. The van der Waals surface area contributed by atoms with Crippen LogP contribution in [0.4, 0.5) is 0 Å². The molecule has 0 saturated carbocycles. The molecule has 0 aromatic carbocycles. The third kappa shape index (κ3) is 5.82. The van der Waals surface area contributed by atoms with E-state index in [1.54, 1.807) is 7.05 Å². The topological polar surface area (TPSA) is 76.4 Å². The molecule has 1 aromatic rings. The number of hydrogen-bond acceptors (Lipinski definition) is 4. The number of aliphatic imine (C=N–C) groups is 1. The van der Waals surface area contributed by atoms with Crippen LogP contribution in [0.3, 0.4) is 0 Å². The van der Waals surface area contributed by atoms with Gasteiger partial charge in [-0.1, -0.05) is 6.42 Å². The summed E-state index contributed by atoms with van der Waals surface area (Å²) in [6, 6.07) is 0. The van der Waals surface area contributed by atoms with Gasteiger partial charge in [0.25, 0.3) is 0 Å². The van der Waals surface area contributed by atoms with Crippen LogP contribution in [-0.4, -0.2) is 47.5 Å². The first-order valence-electron chi connectivity index (χ1n) is 8.78. The van der Waals surface area contributed by atoms with E-state index in [0.717, 1.165) is 63.2 Å². The second-order valence-electron chi connectivity index (χ2n) is 5.75. The summed E-state index contributed by atoms with van der Waals surface area (Å²) in [5.74, 6) is 2.94. The van der Waals surface area contributed by atoms with E-state index in [1.807, 2.05) is 6.92 Å². The highest BCUT2D eigenvalue weighted by Gasteiger charge is 2.14. The van der Waals surface area contributed by atoms with Crippen molar-refractivity contribution in [1.29, 1.82) is 0 Å². The maximum Gasteiger partial charge on any atom is 0.191 e. The molecule has 130 valence electrons. The number of unbranched alkanes of at least 4 members (excludes halogenated alkanes) is 1. The highest BCUT2D eigenvalue weighted by Crippen LogP contribution is 2.14. The summed E-state index contributed by atoms with van der Waals surface area (Å²) in [6.45, 7) is 6.23. The fourth-order valence-corrected chi connectivity index (χ4v) is 2.74. The Hall–Kier alpha value is -1.63. The monoisotopic (exact) mass is 322 g/mol. The average molecular weight is 322 g/mol. The van der Waals surface area contributed by atoms with Gasteiger partial charge in [0, 0.05) is 39.8 Å². The van der Waals surface area contributed by atoms with Crippen molar-refractivity contribution in [2.75, 3.05) is 26.8 Å².